The molecule has 118 valence electrons. The number of alkyl halides is 3. The van der Waals surface area contributed by atoms with Gasteiger partial charge in [-0.3, -0.25) is 0 Å². The molecule has 4 nitrogen and oxygen atoms in total. The predicted octanol–water partition coefficient (Wildman–Crippen LogP) is 1.86. The molecule has 2 rings (SSSR count). The predicted molar refractivity (Wildman–Crippen MR) is 67.3 cm³/mol. The third kappa shape index (κ3) is 3.92. The number of hydrogen-bond acceptors (Lipinski definition) is 3. The molecule has 0 spiro atoms. The second-order valence-electron chi connectivity index (χ2n) is 4.99. The molecule has 0 amide bonds. The van der Waals surface area contributed by atoms with E-state index in [0.29, 0.717) is 6.07 Å². The lowest BCUT2D eigenvalue weighted by atomic mass is 10.2. The van der Waals surface area contributed by atoms with E-state index < -0.39 is 32.5 Å². The van der Waals surface area contributed by atoms with E-state index in [1.807, 2.05) is 0 Å². The summed E-state index contributed by atoms with van der Waals surface area (Å²) in [6.45, 7) is -0.0638. The molecule has 0 aromatic heterocycles. The monoisotopic (exact) mass is 326 g/mol. The number of hydrogen-bond donors (Lipinski definition) is 2. The Morgan fingerprint density at radius 1 is 1.33 bits per heavy atom. The molecule has 1 aliphatic carbocycles. The van der Waals surface area contributed by atoms with Gasteiger partial charge in [-0.1, -0.05) is 0 Å². The van der Waals surface area contributed by atoms with Gasteiger partial charge < -0.3 is 5.73 Å². The van der Waals surface area contributed by atoms with Gasteiger partial charge in [0.25, 0.3) is 0 Å². The maximum atomic E-state index is 13.1. The van der Waals surface area contributed by atoms with Gasteiger partial charge >= 0.3 is 6.18 Å². The van der Waals surface area contributed by atoms with Gasteiger partial charge in [-0.25, -0.2) is 17.5 Å². The summed E-state index contributed by atoms with van der Waals surface area (Å²) in [6.07, 6.45) is -3.13. The van der Waals surface area contributed by atoms with Crippen LogP contribution in [0.5, 0.6) is 0 Å². The molecule has 1 aliphatic rings. The highest BCUT2D eigenvalue weighted by atomic mass is 32.2. The largest absolute Gasteiger partial charge is 0.419 e. The lowest BCUT2D eigenvalue weighted by molar-refractivity contribution is -0.140. The van der Waals surface area contributed by atoms with E-state index in [0.717, 1.165) is 18.9 Å². The fraction of sp³-hybridized carbons (Fsp3) is 0.500. The highest BCUT2D eigenvalue weighted by molar-refractivity contribution is 7.89. The highest BCUT2D eigenvalue weighted by Gasteiger charge is 2.35. The Hall–Kier alpha value is -1.19. The molecule has 1 atom stereocenters. The lowest BCUT2D eigenvalue weighted by Crippen LogP contribution is -2.38. The Morgan fingerprint density at radius 3 is 2.48 bits per heavy atom. The van der Waals surface area contributed by atoms with E-state index in [9.17, 15) is 26.0 Å². The zero-order valence-corrected chi connectivity index (χ0v) is 11.6. The zero-order valence-electron chi connectivity index (χ0n) is 10.8. The molecule has 0 heterocycles. The molecule has 1 aromatic carbocycles. The Morgan fingerprint density at radius 2 is 1.95 bits per heavy atom. The molecule has 1 saturated carbocycles. The maximum absolute atomic E-state index is 13.1. The first-order valence-corrected chi connectivity index (χ1v) is 7.71. The van der Waals surface area contributed by atoms with Gasteiger partial charge in [-0.15, -0.1) is 0 Å². The summed E-state index contributed by atoms with van der Waals surface area (Å²) < 4.78 is 76.8. The van der Waals surface area contributed by atoms with Crippen LogP contribution in [0.2, 0.25) is 0 Å². The molecule has 1 fully saturated rings. The van der Waals surface area contributed by atoms with Crippen LogP contribution in [0.25, 0.3) is 0 Å². The van der Waals surface area contributed by atoms with Gasteiger partial charge in [-0.2, -0.15) is 13.2 Å². The third-order valence-electron chi connectivity index (χ3n) is 3.29. The van der Waals surface area contributed by atoms with Crippen molar-refractivity contribution >= 4 is 10.0 Å². The van der Waals surface area contributed by atoms with E-state index in [2.05, 4.69) is 4.72 Å². The number of benzene rings is 1. The van der Waals surface area contributed by atoms with E-state index in [4.69, 9.17) is 5.73 Å². The summed E-state index contributed by atoms with van der Waals surface area (Å²) >= 11 is 0. The smallest absolute Gasteiger partial charge is 0.326 e. The highest BCUT2D eigenvalue weighted by Crippen LogP contribution is 2.33. The SMILES string of the molecule is NC(CNS(=O)(=O)c1ccc(F)c(C(F)(F)F)c1)C1CC1. The minimum absolute atomic E-state index is 0.0638. The molecule has 0 bridgehead atoms. The first kappa shape index (κ1) is 16.2. The molecular formula is C12H14F4N2O2S. The fourth-order valence-electron chi connectivity index (χ4n) is 1.87. The van der Waals surface area contributed by atoms with Crippen molar-refractivity contribution in [3.8, 4) is 0 Å². The van der Waals surface area contributed by atoms with Gasteiger partial charge in [0, 0.05) is 12.6 Å². The Kier molecular flexibility index (Phi) is 4.27. The van der Waals surface area contributed by atoms with Crippen LogP contribution >= 0.6 is 0 Å². The second kappa shape index (κ2) is 5.54. The van der Waals surface area contributed by atoms with Gasteiger partial charge in [0.2, 0.25) is 10.0 Å². The number of nitrogens with two attached hydrogens (primary N) is 1. The lowest BCUT2D eigenvalue weighted by Gasteiger charge is -2.14. The van der Waals surface area contributed by atoms with E-state index >= 15 is 0 Å². The summed E-state index contributed by atoms with van der Waals surface area (Å²) in [5.41, 5.74) is 4.11. The van der Waals surface area contributed by atoms with Crippen LogP contribution in [-0.2, 0) is 16.2 Å². The molecular weight excluding hydrogens is 312 g/mol. The molecule has 21 heavy (non-hydrogen) atoms. The second-order valence-corrected chi connectivity index (χ2v) is 6.76. The third-order valence-corrected chi connectivity index (χ3v) is 4.71. The summed E-state index contributed by atoms with van der Waals surface area (Å²) in [5.74, 6) is -1.28. The zero-order chi connectivity index (χ0) is 15.8. The van der Waals surface area contributed by atoms with Crippen LogP contribution < -0.4 is 10.5 Å². The number of sulfonamides is 1. The van der Waals surface area contributed by atoms with Gasteiger partial charge in [-0.05, 0) is 37.0 Å². The molecule has 0 radical (unpaired) electrons. The summed E-state index contributed by atoms with van der Waals surface area (Å²) in [5, 5.41) is 0. The average molecular weight is 326 g/mol. The fourth-order valence-corrected chi connectivity index (χ4v) is 2.97. The van der Waals surface area contributed by atoms with E-state index in [1.165, 1.54) is 0 Å². The molecule has 1 unspecified atom stereocenters. The minimum atomic E-state index is -4.96. The molecule has 0 saturated heterocycles. The standard InChI is InChI=1S/C12H14F4N2O2S/c13-10-4-3-8(5-9(10)12(14,15)16)21(19,20)18-6-11(17)7-1-2-7/h3-5,7,11,18H,1-2,6,17H2. The Balaban J connectivity index is 2.19. The van der Waals surface area contributed by atoms with Crippen LogP contribution in [-0.4, -0.2) is 21.0 Å². The normalized spacial score (nSPS) is 17.8. The van der Waals surface area contributed by atoms with Gasteiger partial charge in [0.05, 0.1) is 10.5 Å². The summed E-state index contributed by atoms with van der Waals surface area (Å²) in [7, 11) is -4.16. The number of nitrogens with one attached hydrogen (secondary N) is 1. The molecule has 9 heteroatoms. The summed E-state index contributed by atoms with van der Waals surface area (Å²) in [4.78, 5) is -0.640. The van der Waals surface area contributed by atoms with Crippen LogP contribution in [0.15, 0.2) is 23.1 Å². The molecule has 0 aliphatic heterocycles. The number of rotatable bonds is 5. The van der Waals surface area contributed by atoms with Crippen LogP contribution in [0.1, 0.15) is 18.4 Å². The first-order valence-electron chi connectivity index (χ1n) is 6.23. The maximum Gasteiger partial charge on any atom is 0.419 e. The van der Waals surface area contributed by atoms with Crippen molar-refractivity contribution in [1.82, 2.24) is 4.72 Å². The van der Waals surface area contributed by atoms with Gasteiger partial charge in [0.1, 0.15) is 5.82 Å². The minimum Gasteiger partial charge on any atom is -0.326 e. The molecule has 1 aromatic rings. The summed E-state index contributed by atoms with van der Waals surface area (Å²) in [6, 6.07) is 1.18. The first-order chi connectivity index (χ1) is 9.61. The van der Waals surface area contributed by atoms with Crippen LogP contribution in [0.4, 0.5) is 17.6 Å². The van der Waals surface area contributed by atoms with Crippen molar-refractivity contribution in [2.24, 2.45) is 11.7 Å². The average Bonchev–Trinajstić information content (AvgIpc) is 3.19. The Bertz CT molecular complexity index is 627. The number of halogens is 4. The van der Waals surface area contributed by atoms with Crippen molar-refractivity contribution in [2.75, 3.05) is 6.54 Å². The van der Waals surface area contributed by atoms with E-state index in [1.54, 1.807) is 0 Å². The van der Waals surface area contributed by atoms with Crippen molar-refractivity contribution in [1.29, 1.82) is 0 Å². The van der Waals surface area contributed by atoms with Crippen molar-refractivity contribution in [3.05, 3.63) is 29.6 Å². The van der Waals surface area contributed by atoms with Crippen LogP contribution in [0, 0.1) is 11.7 Å². The Labute approximate surface area is 119 Å². The van der Waals surface area contributed by atoms with Gasteiger partial charge in [0.15, 0.2) is 0 Å². The molecule has 3 N–H and O–H groups in total. The topological polar surface area (TPSA) is 72.2 Å². The van der Waals surface area contributed by atoms with Crippen molar-refractivity contribution in [3.63, 3.8) is 0 Å². The quantitative estimate of drug-likeness (QED) is 0.811. The van der Waals surface area contributed by atoms with Crippen molar-refractivity contribution in [2.45, 2.75) is 30.0 Å². The van der Waals surface area contributed by atoms with E-state index in [-0.39, 0.29) is 24.6 Å². The van der Waals surface area contributed by atoms with Crippen molar-refractivity contribution < 1.29 is 26.0 Å². The van der Waals surface area contributed by atoms with Crippen LogP contribution in [0.3, 0.4) is 0 Å².